The second-order valence-corrected chi connectivity index (χ2v) is 7.46. The Morgan fingerprint density at radius 3 is 2.71 bits per heavy atom. The quantitative estimate of drug-likeness (QED) is 0.792. The number of carbonyl (C=O) groups is 2. The fourth-order valence-electron chi connectivity index (χ4n) is 3.97. The average Bonchev–Trinajstić information content (AvgIpc) is 3.01. The van der Waals surface area contributed by atoms with Crippen molar-refractivity contribution in [1.82, 2.24) is 14.5 Å². The molecule has 2 amide bonds. The SMILES string of the molecule is Cn1cncc1C(=O)N1CCCC2(CC1)CN(c1ccc(F)cc1)C(=O)CO2. The van der Waals surface area contributed by atoms with Gasteiger partial charge in [0.15, 0.2) is 0 Å². The minimum atomic E-state index is -0.496. The number of rotatable bonds is 2. The summed E-state index contributed by atoms with van der Waals surface area (Å²) in [4.78, 5) is 32.7. The molecule has 0 radical (unpaired) electrons. The number of benzene rings is 1. The van der Waals surface area contributed by atoms with E-state index in [0.717, 1.165) is 12.8 Å². The number of likely N-dealkylation sites (tertiary alicyclic amines) is 1. The Kier molecular flexibility index (Phi) is 4.89. The van der Waals surface area contributed by atoms with Crippen molar-refractivity contribution >= 4 is 17.5 Å². The number of halogens is 1. The van der Waals surface area contributed by atoms with Crippen molar-refractivity contribution in [2.75, 3.05) is 31.1 Å². The summed E-state index contributed by atoms with van der Waals surface area (Å²) in [5.41, 5.74) is 0.730. The summed E-state index contributed by atoms with van der Waals surface area (Å²) in [6, 6.07) is 5.93. The lowest BCUT2D eigenvalue weighted by Gasteiger charge is -2.42. The number of hydrogen-bond acceptors (Lipinski definition) is 4. The zero-order valence-electron chi connectivity index (χ0n) is 15.8. The van der Waals surface area contributed by atoms with Gasteiger partial charge in [-0.3, -0.25) is 9.59 Å². The average molecular weight is 386 g/mol. The molecule has 148 valence electrons. The van der Waals surface area contributed by atoms with Crippen molar-refractivity contribution in [3.63, 3.8) is 0 Å². The van der Waals surface area contributed by atoms with E-state index in [0.29, 0.717) is 37.4 Å². The summed E-state index contributed by atoms with van der Waals surface area (Å²) in [6.07, 6.45) is 5.38. The van der Waals surface area contributed by atoms with Crippen LogP contribution >= 0.6 is 0 Å². The molecule has 1 unspecified atom stereocenters. The van der Waals surface area contributed by atoms with Crippen LogP contribution in [0.3, 0.4) is 0 Å². The Labute approximate surface area is 162 Å². The molecule has 2 aliphatic rings. The number of carbonyl (C=O) groups excluding carboxylic acids is 2. The van der Waals surface area contributed by atoms with Gasteiger partial charge in [-0.05, 0) is 43.5 Å². The van der Waals surface area contributed by atoms with Crippen LogP contribution in [0.5, 0.6) is 0 Å². The van der Waals surface area contributed by atoms with Gasteiger partial charge in [-0.15, -0.1) is 0 Å². The summed E-state index contributed by atoms with van der Waals surface area (Å²) in [6.45, 7) is 1.59. The lowest BCUT2D eigenvalue weighted by atomic mass is 9.92. The van der Waals surface area contributed by atoms with Gasteiger partial charge in [0.05, 0.1) is 24.7 Å². The lowest BCUT2D eigenvalue weighted by molar-refractivity contribution is -0.140. The normalized spacial score (nSPS) is 23.1. The molecule has 1 atom stereocenters. The standard InChI is InChI=1S/C20H23FN4O3/c1-23-14-22-11-17(23)19(27)24-9-2-7-20(8-10-24)13-25(18(26)12-28-20)16-5-3-15(21)4-6-16/h3-6,11,14H,2,7-10,12-13H2,1H3. The van der Waals surface area contributed by atoms with E-state index in [9.17, 15) is 14.0 Å². The first-order valence-electron chi connectivity index (χ1n) is 9.43. The first-order valence-corrected chi connectivity index (χ1v) is 9.43. The van der Waals surface area contributed by atoms with Crippen molar-refractivity contribution in [3.8, 4) is 0 Å². The van der Waals surface area contributed by atoms with Crippen LogP contribution in [0, 0.1) is 5.82 Å². The molecule has 2 saturated heterocycles. The Balaban J connectivity index is 1.49. The summed E-state index contributed by atoms with van der Waals surface area (Å²) in [5.74, 6) is -0.512. The topological polar surface area (TPSA) is 67.7 Å². The van der Waals surface area contributed by atoms with E-state index >= 15 is 0 Å². The molecule has 7 nitrogen and oxygen atoms in total. The number of nitrogens with zero attached hydrogens (tertiary/aromatic N) is 4. The molecule has 4 rings (SSSR count). The number of imidazole rings is 1. The molecule has 0 saturated carbocycles. The van der Waals surface area contributed by atoms with Crippen molar-refractivity contribution in [2.45, 2.75) is 24.9 Å². The smallest absolute Gasteiger partial charge is 0.272 e. The maximum atomic E-state index is 13.2. The lowest BCUT2D eigenvalue weighted by Crippen LogP contribution is -2.55. The Morgan fingerprint density at radius 2 is 2.00 bits per heavy atom. The maximum Gasteiger partial charge on any atom is 0.272 e. The van der Waals surface area contributed by atoms with E-state index < -0.39 is 5.60 Å². The van der Waals surface area contributed by atoms with Crippen LogP contribution < -0.4 is 4.90 Å². The predicted octanol–water partition coefficient (Wildman–Crippen LogP) is 1.99. The van der Waals surface area contributed by atoms with E-state index in [-0.39, 0.29) is 24.2 Å². The van der Waals surface area contributed by atoms with E-state index in [1.165, 1.54) is 12.1 Å². The third-order valence-electron chi connectivity index (χ3n) is 5.61. The predicted molar refractivity (Wildman–Crippen MR) is 100 cm³/mol. The van der Waals surface area contributed by atoms with Crippen LogP contribution in [-0.2, 0) is 16.6 Å². The van der Waals surface area contributed by atoms with Crippen LogP contribution in [0.15, 0.2) is 36.8 Å². The Hall–Kier alpha value is -2.74. The number of anilines is 1. The molecule has 0 N–H and O–H groups in total. The molecule has 2 aliphatic heterocycles. The molecule has 28 heavy (non-hydrogen) atoms. The van der Waals surface area contributed by atoms with Gasteiger partial charge < -0.3 is 19.1 Å². The van der Waals surface area contributed by atoms with E-state index in [1.54, 1.807) is 41.2 Å². The number of aromatic nitrogens is 2. The maximum absolute atomic E-state index is 13.2. The van der Waals surface area contributed by atoms with Gasteiger partial charge >= 0.3 is 0 Å². The molecule has 1 spiro atoms. The van der Waals surface area contributed by atoms with E-state index in [4.69, 9.17) is 4.74 Å². The first kappa shape index (κ1) is 18.6. The Morgan fingerprint density at radius 1 is 1.21 bits per heavy atom. The number of hydrogen-bond donors (Lipinski definition) is 0. The van der Waals surface area contributed by atoms with E-state index in [2.05, 4.69) is 4.98 Å². The second kappa shape index (κ2) is 7.35. The Bertz CT molecular complexity index is 882. The van der Waals surface area contributed by atoms with Gasteiger partial charge in [0, 0.05) is 25.8 Å². The molecule has 1 aromatic carbocycles. The van der Waals surface area contributed by atoms with Crippen molar-refractivity contribution in [2.24, 2.45) is 7.05 Å². The number of morpholine rings is 1. The molecule has 1 aromatic heterocycles. The molecule has 2 fully saturated rings. The van der Waals surface area contributed by atoms with Gasteiger partial charge in [-0.1, -0.05) is 0 Å². The number of aryl methyl sites for hydroxylation is 1. The van der Waals surface area contributed by atoms with Gasteiger partial charge in [-0.25, -0.2) is 9.37 Å². The van der Waals surface area contributed by atoms with Crippen LogP contribution in [0.4, 0.5) is 10.1 Å². The minimum Gasteiger partial charge on any atom is -0.363 e. The molecule has 2 aromatic rings. The zero-order valence-corrected chi connectivity index (χ0v) is 15.8. The molecular formula is C20H23FN4O3. The van der Waals surface area contributed by atoms with E-state index in [1.807, 2.05) is 4.90 Å². The summed E-state index contributed by atoms with van der Waals surface area (Å²) in [7, 11) is 1.80. The zero-order chi connectivity index (χ0) is 19.7. The highest BCUT2D eigenvalue weighted by Gasteiger charge is 2.42. The minimum absolute atomic E-state index is 0.00689. The number of ether oxygens (including phenoxy) is 1. The fourth-order valence-corrected chi connectivity index (χ4v) is 3.97. The highest BCUT2D eigenvalue weighted by molar-refractivity contribution is 5.95. The van der Waals surface area contributed by atoms with Crippen LogP contribution in [0.2, 0.25) is 0 Å². The highest BCUT2D eigenvalue weighted by atomic mass is 19.1. The van der Waals surface area contributed by atoms with Crippen molar-refractivity contribution in [3.05, 3.63) is 48.3 Å². The van der Waals surface area contributed by atoms with Crippen LogP contribution in [0.25, 0.3) is 0 Å². The molecule has 8 heteroatoms. The molecule has 3 heterocycles. The summed E-state index contributed by atoms with van der Waals surface area (Å²) in [5, 5.41) is 0. The second-order valence-electron chi connectivity index (χ2n) is 7.46. The van der Waals surface area contributed by atoms with Crippen LogP contribution in [-0.4, -0.2) is 58.1 Å². The molecule has 0 bridgehead atoms. The van der Waals surface area contributed by atoms with Gasteiger partial charge in [0.2, 0.25) is 0 Å². The monoisotopic (exact) mass is 386 g/mol. The molecule has 0 aliphatic carbocycles. The fraction of sp³-hybridized carbons (Fsp3) is 0.450. The van der Waals surface area contributed by atoms with Gasteiger partial charge in [0.1, 0.15) is 18.1 Å². The van der Waals surface area contributed by atoms with Gasteiger partial charge in [-0.2, -0.15) is 0 Å². The third kappa shape index (κ3) is 3.52. The summed E-state index contributed by atoms with van der Waals surface area (Å²) >= 11 is 0. The van der Waals surface area contributed by atoms with Gasteiger partial charge in [0.25, 0.3) is 11.8 Å². The highest BCUT2D eigenvalue weighted by Crippen LogP contribution is 2.33. The van der Waals surface area contributed by atoms with Crippen molar-refractivity contribution in [1.29, 1.82) is 0 Å². The molecular weight excluding hydrogens is 363 g/mol. The summed E-state index contributed by atoms with van der Waals surface area (Å²) < 4.78 is 21.0. The van der Waals surface area contributed by atoms with Crippen molar-refractivity contribution < 1.29 is 18.7 Å². The van der Waals surface area contributed by atoms with Crippen LogP contribution in [0.1, 0.15) is 29.8 Å². The third-order valence-corrected chi connectivity index (χ3v) is 5.61. The largest absolute Gasteiger partial charge is 0.363 e. The number of amides is 2. The first-order chi connectivity index (χ1) is 13.5.